The Morgan fingerprint density at radius 1 is 1.38 bits per heavy atom. The van der Waals surface area contributed by atoms with Gasteiger partial charge in [-0.15, -0.1) is 22.7 Å². The normalized spacial score (nSPS) is 12.1. The Morgan fingerprint density at radius 2 is 2.15 bits per heavy atom. The smallest absolute Gasteiger partial charge is 0.349 e. The van der Waals surface area contributed by atoms with Gasteiger partial charge in [0.15, 0.2) is 6.61 Å². The van der Waals surface area contributed by atoms with Gasteiger partial charge in [0.1, 0.15) is 15.5 Å². The molecule has 0 spiro atoms. The van der Waals surface area contributed by atoms with E-state index in [1.807, 2.05) is 24.4 Å². The Morgan fingerprint density at radius 3 is 2.85 bits per heavy atom. The minimum atomic E-state index is -0.638. The molecule has 1 atom stereocenters. The molecule has 0 radical (unpaired) electrons. The zero-order valence-electron chi connectivity index (χ0n) is 14.4. The summed E-state index contributed by atoms with van der Waals surface area (Å²) in [4.78, 5) is 45.0. The molecular formula is C17H17N3O4S2. The number of aromatic nitrogens is 2. The molecule has 0 saturated heterocycles. The van der Waals surface area contributed by atoms with E-state index in [9.17, 15) is 14.4 Å². The Hall–Kier alpha value is -2.52. The number of aromatic amines is 1. The average molecular weight is 391 g/mol. The molecule has 3 aromatic heterocycles. The lowest BCUT2D eigenvalue weighted by Crippen LogP contribution is -2.30. The lowest BCUT2D eigenvalue weighted by atomic mass is 10.2. The molecule has 7 nitrogen and oxygen atoms in total. The number of hydrogen-bond acceptors (Lipinski definition) is 7. The Kier molecular flexibility index (Phi) is 5.19. The Labute approximate surface area is 157 Å². The molecule has 26 heavy (non-hydrogen) atoms. The van der Waals surface area contributed by atoms with Crippen molar-refractivity contribution in [1.82, 2.24) is 15.3 Å². The minimum Gasteiger partial charge on any atom is -0.451 e. The van der Waals surface area contributed by atoms with Crippen LogP contribution >= 0.6 is 22.7 Å². The third kappa shape index (κ3) is 3.68. The first kappa shape index (κ1) is 18.3. The molecule has 9 heteroatoms. The van der Waals surface area contributed by atoms with E-state index >= 15 is 0 Å². The summed E-state index contributed by atoms with van der Waals surface area (Å²) in [6.45, 7) is 4.82. The molecule has 0 aliphatic carbocycles. The summed E-state index contributed by atoms with van der Waals surface area (Å²) < 4.78 is 5.11. The van der Waals surface area contributed by atoms with Crippen LogP contribution in [0.1, 0.15) is 38.9 Å². The standard InChI is InChI=1S/C17H17N3O4S2/c1-8-13-15(22)19-10(3)20-16(13)26-14(8)17(23)24-7-12(21)18-9(2)11-5-4-6-25-11/h4-6,9H,7H2,1-3H3,(H,18,21)(H,19,20,22)/t9-/m0/s1. The lowest BCUT2D eigenvalue weighted by molar-refractivity contribution is -0.124. The van der Waals surface area contributed by atoms with Crippen molar-refractivity contribution >= 4 is 44.8 Å². The van der Waals surface area contributed by atoms with E-state index in [4.69, 9.17) is 4.74 Å². The molecule has 2 N–H and O–H groups in total. The fourth-order valence-electron chi connectivity index (χ4n) is 2.53. The van der Waals surface area contributed by atoms with Gasteiger partial charge in [-0.1, -0.05) is 6.07 Å². The zero-order chi connectivity index (χ0) is 18.8. The van der Waals surface area contributed by atoms with Crippen molar-refractivity contribution in [2.45, 2.75) is 26.8 Å². The van der Waals surface area contributed by atoms with Crippen LogP contribution in [-0.2, 0) is 9.53 Å². The molecule has 3 heterocycles. The number of ether oxygens (including phenoxy) is 1. The molecule has 0 aliphatic rings. The van der Waals surface area contributed by atoms with Crippen LogP contribution < -0.4 is 10.9 Å². The molecule has 3 rings (SSSR count). The van der Waals surface area contributed by atoms with Crippen LogP contribution in [0.3, 0.4) is 0 Å². The van der Waals surface area contributed by atoms with Gasteiger partial charge < -0.3 is 15.0 Å². The van der Waals surface area contributed by atoms with Gasteiger partial charge >= 0.3 is 5.97 Å². The first-order chi connectivity index (χ1) is 12.4. The monoisotopic (exact) mass is 391 g/mol. The summed E-state index contributed by atoms with van der Waals surface area (Å²) in [6.07, 6.45) is 0. The number of nitrogens with one attached hydrogen (secondary N) is 2. The second-order valence-corrected chi connectivity index (χ2v) is 7.75. The number of aryl methyl sites for hydroxylation is 2. The molecule has 136 valence electrons. The summed E-state index contributed by atoms with van der Waals surface area (Å²) in [7, 11) is 0. The predicted octanol–water partition coefficient (Wildman–Crippen LogP) is 2.70. The lowest BCUT2D eigenvalue weighted by Gasteiger charge is -2.12. The van der Waals surface area contributed by atoms with Gasteiger partial charge in [-0.25, -0.2) is 9.78 Å². The number of H-pyrrole nitrogens is 1. The summed E-state index contributed by atoms with van der Waals surface area (Å²) in [5.74, 6) is -0.545. The molecule has 0 aromatic carbocycles. The number of thiophene rings is 2. The first-order valence-corrected chi connectivity index (χ1v) is 9.56. The highest BCUT2D eigenvalue weighted by molar-refractivity contribution is 7.20. The van der Waals surface area contributed by atoms with E-state index in [2.05, 4.69) is 15.3 Å². The fourth-order valence-corrected chi connectivity index (χ4v) is 4.39. The van der Waals surface area contributed by atoms with Crippen molar-refractivity contribution in [1.29, 1.82) is 0 Å². The van der Waals surface area contributed by atoms with E-state index in [1.165, 1.54) is 0 Å². The molecule has 1 amide bonds. The maximum Gasteiger partial charge on any atom is 0.349 e. The van der Waals surface area contributed by atoms with Crippen molar-refractivity contribution < 1.29 is 14.3 Å². The quantitative estimate of drug-likeness (QED) is 0.651. The average Bonchev–Trinajstić information content (AvgIpc) is 3.21. The molecule has 0 fully saturated rings. The van der Waals surface area contributed by atoms with Crippen LogP contribution in [-0.4, -0.2) is 28.5 Å². The first-order valence-electron chi connectivity index (χ1n) is 7.86. The Bertz CT molecular complexity index is 1020. The van der Waals surface area contributed by atoms with E-state index < -0.39 is 5.97 Å². The summed E-state index contributed by atoms with van der Waals surface area (Å²) >= 11 is 2.63. The van der Waals surface area contributed by atoms with Crippen LogP contribution in [0.5, 0.6) is 0 Å². The van der Waals surface area contributed by atoms with E-state index in [0.29, 0.717) is 21.6 Å². The van der Waals surface area contributed by atoms with Crippen LogP contribution in [0.2, 0.25) is 0 Å². The number of esters is 1. The molecule has 0 bridgehead atoms. The Balaban J connectivity index is 1.68. The van der Waals surface area contributed by atoms with Gasteiger partial charge in [0.05, 0.1) is 11.4 Å². The number of carbonyl (C=O) groups is 2. The van der Waals surface area contributed by atoms with Gasteiger partial charge in [-0.2, -0.15) is 0 Å². The summed E-state index contributed by atoms with van der Waals surface area (Å²) in [5, 5.41) is 5.09. The van der Waals surface area contributed by atoms with Crippen LogP contribution in [0.4, 0.5) is 0 Å². The van der Waals surface area contributed by atoms with Crippen molar-refractivity contribution in [3.05, 3.63) is 49.0 Å². The summed E-state index contributed by atoms with van der Waals surface area (Å²) in [5.41, 5.74) is 0.221. The number of hydrogen-bond donors (Lipinski definition) is 2. The molecular weight excluding hydrogens is 374 g/mol. The van der Waals surface area contributed by atoms with Gasteiger partial charge in [-0.05, 0) is 37.8 Å². The highest BCUT2D eigenvalue weighted by atomic mass is 32.1. The molecule has 0 saturated carbocycles. The number of rotatable bonds is 5. The molecule has 3 aromatic rings. The SMILES string of the molecule is Cc1nc2sc(C(=O)OCC(=O)N[C@@H](C)c3cccs3)c(C)c2c(=O)[nH]1. The molecule has 0 unspecified atom stereocenters. The highest BCUT2D eigenvalue weighted by Gasteiger charge is 2.21. The topological polar surface area (TPSA) is 101 Å². The van der Waals surface area contributed by atoms with E-state index in [1.54, 1.807) is 25.2 Å². The number of fused-ring (bicyclic) bond motifs is 1. The zero-order valence-corrected chi connectivity index (χ0v) is 16.0. The van der Waals surface area contributed by atoms with Crippen LogP contribution in [0, 0.1) is 13.8 Å². The van der Waals surface area contributed by atoms with Crippen molar-refractivity contribution in [2.24, 2.45) is 0 Å². The van der Waals surface area contributed by atoms with Crippen molar-refractivity contribution in [2.75, 3.05) is 6.61 Å². The largest absolute Gasteiger partial charge is 0.451 e. The maximum absolute atomic E-state index is 12.3. The second-order valence-electron chi connectivity index (χ2n) is 5.77. The number of nitrogens with zero attached hydrogens (tertiary/aromatic N) is 1. The van der Waals surface area contributed by atoms with Gasteiger partial charge in [0.2, 0.25) is 0 Å². The third-order valence-corrected chi connectivity index (χ3v) is 6.01. The second kappa shape index (κ2) is 7.38. The van der Waals surface area contributed by atoms with Crippen LogP contribution in [0.15, 0.2) is 22.3 Å². The summed E-state index contributed by atoms with van der Waals surface area (Å²) in [6, 6.07) is 3.68. The van der Waals surface area contributed by atoms with Crippen molar-refractivity contribution in [3.8, 4) is 0 Å². The molecule has 0 aliphatic heterocycles. The maximum atomic E-state index is 12.3. The van der Waals surface area contributed by atoms with E-state index in [0.717, 1.165) is 16.2 Å². The van der Waals surface area contributed by atoms with Crippen LogP contribution in [0.25, 0.3) is 10.2 Å². The number of amides is 1. The highest BCUT2D eigenvalue weighted by Crippen LogP contribution is 2.27. The van der Waals surface area contributed by atoms with Crippen molar-refractivity contribution in [3.63, 3.8) is 0 Å². The van der Waals surface area contributed by atoms with Gasteiger partial charge in [0, 0.05) is 4.88 Å². The predicted molar refractivity (Wildman–Crippen MR) is 101 cm³/mol. The van der Waals surface area contributed by atoms with Gasteiger partial charge in [0.25, 0.3) is 11.5 Å². The van der Waals surface area contributed by atoms with Gasteiger partial charge in [-0.3, -0.25) is 9.59 Å². The third-order valence-electron chi connectivity index (χ3n) is 3.79. The van der Waals surface area contributed by atoms with E-state index in [-0.39, 0.29) is 29.0 Å². The minimum absolute atomic E-state index is 0.155. The fraction of sp³-hybridized carbons (Fsp3) is 0.294. The number of carbonyl (C=O) groups excluding carboxylic acids is 2.